The van der Waals surface area contributed by atoms with Gasteiger partial charge in [0.05, 0.1) is 6.10 Å². The van der Waals surface area contributed by atoms with Gasteiger partial charge in [0.2, 0.25) is 0 Å². The molecule has 0 bridgehead atoms. The fraction of sp³-hybridized carbons (Fsp3) is 1.00. The minimum absolute atomic E-state index is 0.348. The molecule has 0 radical (unpaired) electrons. The van der Waals surface area contributed by atoms with E-state index in [1.165, 1.54) is 19.3 Å². The summed E-state index contributed by atoms with van der Waals surface area (Å²) < 4.78 is 5.71. The van der Waals surface area contributed by atoms with Crippen LogP contribution in [-0.2, 0) is 4.74 Å². The lowest BCUT2D eigenvalue weighted by atomic mass is 9.71. The molecule has 0 unspecified atom stereocenters. The number of ether oxygens (including phenoxy) is 1. The maximum Gasteiger partial charge on any atom is 0.0518 e. The zero-order valence-corrected chi connectivity index (χ0v) is 17.6. The van der Waals surface area contributed by atoms with Gasteiger partial charge in [-0.3, -0.25) is 0 Å². The predicted molar refractivity (Wildman–Crippen MR) is 105 cm³/mol. The van der Waals surface area contributed by atoms with Crippen molar-refractivity contribution in [2.45, 2.75) is 93.2 Å². The van der Waals surface area contributed by atoms with E-state index in [9.17, 15) is 0 Å². The van der Waals surface area contributed by atoms with E-state index < -0.39 is 0 Å². The van der Waals surface area contributed by atoms with Crippen molar-refractivity contribution in [1.29, 1.82) is 0 Å². The number of thiol groups is 1. The van der Waals surface area contributed by atoms with Crippen LogP contribution < -0.4 is 5.32 Å². The summed E-state index contributed by atoms with van der Waals surface area (Å²) in [5, 5.41) is 3.51. The molecule has 0 rings (SSSR count). The van der Waals surface area contributed by atoms with Crippen LogP contribution in [0.2, 0.25) is 0 Å². The molecule has 0 amide bonds. The Balaban J connectivity index is 0. The van der Waals surface area contributed by atoms with Gasteiger partial charge in [-0.2, -0.15) is 12.6 Å². The fourth-order valence-corrected chi connectivity index (χ4v) is 3.00. The first-order valence-corrected chi connectivity index (χ1v) is 9.73. The maximum absolute atomic E-state index is 5.71. The Kier molecular flexibility index (Phi) is 14.1. The van der Waals surface area contributed by atoms with Gasteiger partial charge in [-0.1, -0.05) is 41.5 Å². The van der Waals surface area contributed by atoms with Gasteiger partial charge in [0.15, 0.2) is 0 Å². The Morgan fingerprint density at radius 3 is 1.86 bits per heavy atom. The van der Waals surface area contributed by atoms with Gasteiger partial charge < -0.3 is 10.1 Å². The van der Waals surface area contributed by atoms with Crippen molar-refractivity contribution in [1.82, 2.24) is 5.32 Å². The summed E-state index contributed by atoms with van der Waals surface area (Å²) in [4.78, 5) is 0. The second-order valence-electron chi connectivity index (χ2n) is 8.39. The molecule has 22 heavy (non-hydrogen) atoms. The van der Waals surface area contributed by atoms with Crippen LogP contribution in [0.25, 0.3) is 0 Å². The zero-order chi connectivity index (χ0) is 17.8. The summed E-state index contributed by atoms with van der Waals surface area (Å²) in [6.07, 6.45) is 7.02. The van der Waals surface area contributed by atoms with Crippen molar-refractivity contribution in [3.05, 3.63) is 0 Å². The molecule has 0 heterocycles. The first-order chi connectivity index (χ1) is 10.0. The molecule has 0 aliphatic carbocycles. The molecule has 2 nitrogen and oxygen atoms in total. The minimum atomic E-state index is 0.348. The third-order valence-electron chi connectivity index (χ3n) is 3.77. The summed E-state index contributed by atoms with van der Waals surface area (Å²) >= 11 is 3.53. The van der Waals surface area contributed by atoms with E-state index in [0.29, 0.717) is 23.0 Å². The highest BCUT2D eigenvalue weighted by molar-refractivity contribution is 7.79. The summed E-state index contributed by atoms with van der Waals surface area (Å²) in [6, 6.07) is 0.600. The third-order valence-corrected chi connectivity index (χ3v) is 3.77. The van der Waals surface area contributed by atoms with E-state index >= 15 is 0 Å². The van der Waals surface area contributed by atoms with Crippen molar-refractivity contribution in [2.75, 3.05) is 19.4 Å². The second-order valence-corrected chi connectivity index (χ2v) is 8.39. The minimum Gasteiger partial charge on any atom is -0.379 e. The van der Waals surface area contributed by atoms with E-state index in [4.69, 9.17) is 4.74 Å². The van der Waals surface area contributed by atoms with E-state index in [1.807, 2.05) is 0 Å². The summed E-state index contributed by atoms with van der Waals surface area (Å²) in [7, 11) is 0. The van der Waals surface area contributed by atoms with Crippen LogP contribution in [0.5, 0.6) is 0 Å². The molecule has 0 spiro atoms. The lowest BCUT2D eigenvalue weighted by molar-refractivity contribution is 0.0462. The number of nitrogens with one attached hydrogen (secondary N) is 1. The van der Waals surface area contributed by atoms with Gasteiger partial charge in [0, 0.05) is 12.6 Å². The number of hydrogen-bond donors (Lipinski definition) is 2. The Hall–Kier alpha value is 0.270. The molecule has 0 aliphatic heterocycles. The van der Waals surface area contributed by atoms with Gasteiger partial charge in [0.1, 0.15) is 0 Å². The smallest absolute Gasteiger partial charge is 0.0518 e. The molecular weight excluding hydrogens is 290 g/mol. The van der Waals surface area contributed by atoms with Crippen molar-refractivity contribution in [3.63, 3.8) is 0 Å². The standard InChI is InChI=1S/C18H39NO.CH4S/c1-15(2)19-12-9-10-17(5,6)14-18(7,8)11-13-20-16(3)4;1-2/h15-16,19H,9-14H2,1-8H3;2H,1H3. The first kappa shape index (κ1) is 24.5. The maximum atomic E-state index is 5.71. The van der Waals surface area contributed by atoms with Crippen LogP contribution in [0.1, 0.15) is 81.1 Å². The van der Waals surface area contributed by atoms with E-state index in [0.717, 1.165) is 19.6 Å². The molecule has 0 saturated carbocycles. The topological polar surface area (TPSA) is 21.3 Å². The number of hydrogen-bond acceptors (Lipinski definition) is 3. The van der Waals surface area contributed by atoms with Crippen LogP contribution in [-0.4, -0.2) is 31.6 Å². The Morgan fingerprint density at radius 1 is 0.909 bits per heavy atom. The van der Waals surface area contributed by atoms with E-state index in [-0.39, 0.29) is 0 Å². The fourth-order valence-electron chi connectivity index (χ4n) is 3.00. The van der Waals surface area contributed by atoms with Crippen LogP contribution in [0, 0.1) is 10.8 Å². The molecule has 0 aromatic rings. The number of rotatable bonds is 11. The zero-order valence-electron chi connectivity index (χ0n) is 16.8. The molecule has 1 N–H and O–H groups in total. The molecular formula is C19H43NOS. The van der Waals surface area contributed by atoms with Gasteiger partial charge in [-0.15, -0.1) is 0 Å². The summed E-state index contributed by atoms with van der Waals surface area (Å²) in [5.74, 6) is 0. The third kappa shape index (κ3) is 16.6. The summed E-state index contributed by atoms with van der Waals surface area (Å²) in [5.41, 5.74) is 0.782. The highest BCUT2D eigenvalue weighted by Crippen LogP contribution is 2.39. The van der Waals surface area contributed by atoms with E-state index in [2.05, 4.69) is 73.3 Å². The quantitative estimate of drug-likeness (QED) is 0.381. The SMILES string of the molecule is CC(C)NCCCC(C)(C)CC(C)(C)CCOC(C)C.CS. The molecule has 0 atom stereocenters. The molecule has 3 heteroatoms. The predicted octanol–water partition coefficient (Wildman–Crippen LogP) is 5.57. The largest absolute Gasteiger partial charge is 0.379 e. The van der Waals surface area contributed by atoms with Gasteiger partial charge >= 0.3 is 0 Å². The second kappa shape index (κ2) is 12.7. The van der Waals surface area contributed by atoms with Crippen LogP contribution >= 0.6 is 12.6 Å². The van der Waals surface area contributed by atoms with Crippen molar-refractivity contribution in [3.8, 4) is 0 Å². The lowest BCUT2D eigenvalue weighted by Crippen LogP contribution is -2.28. The molecule has 0 aliphatic rings. The van der Waals surface area contributed by atoms with Crippen molar-refractivity contribution < 1.29 is 4.74 Å². The van der Waals surface area contributed by atoms with Crippen molar-refractivity contribution >= 4 is 12.6 Å². The molecule has 0 fully saturated rings. The average molecular weight is 334 g/mol. The van der Waals surface area contributed by atoms with Crippen LogP contribution in [0.15, 0.2) is 0 Å². The van der Waals surface area contributed by atoms with Gasteiger partial charge in [-0.05, 0) is 63.2 Å². The van der Waals surface area contributed by atoms with Crippen molar-refractivity contribution in [2.24, 2.45) is 10.8 Å². The van der Waals surface area contributed by atoms with Gasteiger partial charge in [0.25, 0.3) is 0 Å². The first-order valence-electron chi connectivity index (χ1n) is 8.84. The highest BCUT2D eigenvalue weighted by Gasteiger charge is 2.28. The van der Waals surface area contributed by atoms with Crippen LogP contribution in [0.3, 0.4) is 0 Å². The van der Waals surface area contributed by atoms with Crippen LogP contribution in [0.4, 0.5) is 0 Å². The Morgan fingerprint density at radius 2 is 1.41 bits per heavy atom. The highest BCUT2D eigenvalue weighted by atomic mass is 32.1. The Labute approximate surface area is 146 Å². The molecule has 0 saturated heterocycles. The Bertz CT molecular complexity index is 250. The van der Waals surface area contributed by atoms with Gasteiger partial charge in [-0.25, -0.2) is 0 Å². The van der Waals surface area contributed by atoms with E-state index in [1.54, 1.807) is 6.26 Å². The normalized spacial score (nSPS) is 12.5. The molecule has 0 aromatic heterocycles. The molecule has 136 valence electrons. The monoisotopic (exact) mass is 333 g/mol. The molecule has 0 aromatic carbocycles. The summed E-state index contributed by atoms with van der Waals surface area (Å²) in [6.45, 7) is 20.2. The lowest BCUT2D eigenvalue weighted by Gasteiger charge is -2.35. The average Bonchev–Trinajstić information content (AvgIpc) is 2.35.